The summed E-state index contributed by atoms with van der Waals surface area (Å²) in [6.45, 7) is 4.79. The van der Waals surface area contributed by atoms with Gasteiger partial charge in [0.15, 0.2) is 11.5 Å². The molecule has 3 rings (SSSR count). The fourth-order valence-corrected chi connectivity index (χ4v) is 2.12. The Bertz CT molecular complexity index is 555. The van der Waals surface area contributed by atoms with Gasteiger partial charge < -0.3 is 20.2 Å². The number of nitrogens with one attached hydrogen (secondary N) is 1. The number of aryl methyl sites for hydroxylation is 1. The molecule has 1 aromatic carbocycles. The number of nitrogens with zero attached hydrogens (tertiary/aromatic N) is 1. The molecule has 0 unspecified atom stereocenters. The Morgan fingerprint density at radius 2 is 2.28 bits per heavy atom. The van der Waals surface area contributed by atoms with Crippen molar-refractivity contribution in [3.05, 3.63) is 24.1 Å². The molecule has 0 bridgehead atoms. The average molecular weight is 247 g/mol. The van der Waals surface area contributed by atoms with Crippen LogP contribution in [-0.2, 0) is 4.74 Å². The third kappa shape index (κ3) is 1.95. The van der Waals surface area contributed by atoms with Crippen molar-refractivity contribution in [1.29, 1.82) is 0 Å². The predicted octanol–water partition coefficient (Wildman–Crippen LogP) is 1.52. The van der Waals surface area contributed by atoms with Gasteiger partial charge in [0.2, 0.25) is 0 Å². The van der Waals surface area contributed by atoms with E-state index in [1.807, 2.05) is 25.1 Å². The first-order valence-electron chi connectivity index (χ1n) is 6.10. The molecule has 0 spiro atoms. The van der Waals surface area contributed by atoms with Gasteiger partial charge in [0, 0.05) is 37.2 Å². The fourth-order valence-electron chi connectivity index (χ4n) is 2.12. The van der Waals surface area contributed by atoms with E-state index in [0.29, 0.717) is 12.4 Å². The number of aromatic nitrogens is 1. The standard InChI is InChI=1S/C13H17N3O2/c1-9-16-11-3-2-10(4-12(11)18-9)15-6-13(5-14)7-17-8-13/h2-4,15H,5-8,14H2,1H3. The number of fused-ring (bicyclic) bond motifs is 1. The number of ether oxygens (including phenoxy) is 1. The van der Waals surface area contributed by atoms with E-state index in [0.717, 1.165) is 36.5 Å². The SMILES string of the molecule is Cc1nc2ccc(NCC3(CN)COC3)cc2o1. The molecule has 0 aliphatic carbocycles. The molecule has 0 amide bonds. The summed E-state index contributed by atoms with van der Waals surface area (Å²) in [7, 11) is 0. The second-order valence-electron chi connectivity index (χ2n) is 4.97. The zero-order valence-electron chi connectivity index (χ0n) is 10.4. The zero-order valence-corrected chi connectivity index (χ0v) is 10.4. The number of hydrogen-bond donors (Lipinski definition) is 2. The van der Waals surface area contributed by atoms with Gasteiger partial charge in [-0.1, -0.05) is 0 Å². The molecule has 1 fully saturated rings. The van der Waals surface area contributed by atoms with Gasteiger partial charge in [0.1, 0.15) is 5.52 Å². The number of benzene rings is 1. The van der Waals surface area contributed by atoms with Crippen LogP contribution in [0.25, 0.3) is 11.1 Å². The van der Waals surface area contributed by atoms with Crippen molar-refractivity contribution in [2.45, 2.75) is 6.92 Å². The molecule has 0 saturated carbocycles. The Balaban J connectivity index is 1.74. The maximum Gasteiger partial charge on any atom is 0.192 e. The van der Waals surface area contributed by atoms with Crippen molar-refractivity contribution in [1.82, 2.24) is 4.98 Å². The van der Waals surface area contributed by atoms with Crippen LogP contribution in [0.5, 0.6) is 0 Å². The smallest absolute Gasteiger partial charge is 0.192 e. The molecule has 0 radical (unpaired) electrons. The van der Waals surface area contributed by atoms with Crippen LogP contribution in [0.4, 0.5) is 5.69 Å². The van der Waals surface area contributed by atoms with E-state index in [9.17, 15) is 0 Å². The summed E-state index contributed by atoms with van der Waals surface area (Å²) >= 11 is 0. The topological polar surface area (TPSA) is 73.3 Å². The summed E-state index contributed by atoms with van der Waals surface area (Å²) in [5, 5.41) is 3.39. The van der Waals surface area contributed by atoms with Crippen LogP contribution in [0.1, 0.15) is 5.89 Å². The van der Waals surface area contributed by atoms with Gasteiger partial charge in [0.05, 0.1) is 13.2 Å². The Kier molecular flexibility index (Phi) is 2.72. The summed E-state index contributed by atoms with van der Waals surface area (Å²) < 4.78 is 10.7. The molecular formula is C13H17N3O2. The highest BCUT2D eigenvalue weighted by atomic mass is 16.5. The monoisotopic (exact) mass is 247 g/mol. The van der Waals surface area contributed by atoms with E-state index < -0.39 is 0 Å². The largest absolute Gasteiger partial charge is 0.441 e. The summed E-state index contributed by atoms with van der Waals surface area (Å²) in [6, 6.07) is 5.94. The van der Waals surface area contributed by atoms with E-state index in [-0.39, 0.29) is 5.41 Å². The molecule has 1 aliphatic rings. The van der Waals surface area contributed by atoms with Crippen molar-refractivity contribution >= 4 is 16.8 Å². The summed E-state index contributed by atoms with van der Waals surface area (Å²) in [5.74, 6) is 0.688. The van der Waals surface area contributed by atoms with E-state index in [4.69, 9.17) is 14.9 Å². The highest BCUT2D eigenvalue weighted by Gasteiger charge is 2.36. The number of hydrogen-bond acceptors (Lipinski definition) is 5. The second kappa shape index (κ2) is 4.26. The first-order chi connectivity index (χ1) is 8.71. The minimum absolute atomic E-state index is 0.0896. The lowest BCUT2D eigenvalue weighted by Gasteiger charge is -2.40. The van der Waals surface area contributed by atoms with E-state index in [1.165, 1.54) is 0 Å². The van der Waals surface area contributed by atoms with E-state index in [1.54, 1.807) is 0 Å². The van der Waals surface area contributed by atoms with Crippen LogP contribution in [0.15, 0.2) is 22.6 Å². The highest BCUT2D eigenvalue weighted by molar-refractivity contribution is 5.77. The lowest BCUT2D eigenvalue weighted by molar-refractivity contribution is -0.0979. The van der Waals surface area contributed by atoms with Crippen molar-refractivity contribution in [2.24, 2.45) is 11.1 Å². The fraction of sp³-hybridized carbons (Fsp3) is 0.462. The molecule has 0 atom stereocenters. The molecule has 1 aliphatic heterocycles. The van der Waals surface area contributed by atoms with Crippen LogP contribution in [0, 0.1) is 12.3 Å². The molecule has 18 heavy (non-hydrogen) atoms. The quantitative estimate of drug-likeness (QED) is 0.857. The average Bonchev–Trinajstić information content (AvgIpc) is 2.67. The third-order valence-electron chi connectivity index (χ3n) is 3.41. The van der Waals surface area contributed by atoms with Crippen LogP contribution < -0.4 is 11.1 Å². The molecular weight excluding hydrogens is 230 g/mol. The van der Waals surface area contributed by atoms with Gasteiger partial charge in [-0.15, -0.1) is 0 Å². The van der Waals surface area contributed by atoms with E-state index >= 15 is 0 Å². The van der Waals surface area contributed by atoms with Gasteiger partial charge in [-0.3, -0.25) is 0 Å². The van der Waals surface area contributed by atoms with Crippen molar-refractivity contribution in [2.75, 3.05) is 31.6 Å². The lowest BCUT2D eigenvalue weighted by Crippen LogP contribution is -2.52. The molecule has 5 nitrogen and oxygen atoms in total. The molecule has 1 saturated heterocycles. The van der Waals surface area contributed by atoms with Crippen LogP contribution >= 0.6 is 0 Å². The van der Waals surface area contributed by atoms with Crippen molar-refractivity contribution in [3.63, 3.8) is 0 Å². The first-order valence-corrected chi connectivity index (χ1v) is 6.10. The van der Waals surface area contributed by atoms with Crippen molar-refractivity contribution in [3.8, 4) is 0 Å². The molecule has 2 aromatic rings. The minimum atomic E-state index is 0.0896. The van der Waals surface area contributed by atoms with Crippen LogP contribution in [-0.4, -0.2) is 31.3 Å². The van der Waals surface area contributed by atoms with Gasteiger partial charge in [0.25, 0.3) is 0 Å². The van der Waals surface area contributed by atoms with Gasteiger partial charge in [-0.2, -0.15) is 0 Å². The number of oxazole rings is 1. The number of nitrogens with two attached hydrogens (primary N) is 1. The van der Waals surface area contributed by atoms with Gasteiger partial charge in [-0.25, -0.2) is 4.98 Å². The molecule has 1 aromatic heterocycles. The van der Waals surface area contributed by atoms with Crippen LogP contribution in [0.2, 0.25) is 0 Å². The molecule has 5 heteroatoms. The van der Waals surface area contributed by atoms with Crippen molar-refractivity contribution < 1.29 is 9.15 Å². The lowest BCUT2D eigenvalue weighted by atomic mass is 9.86. The third-order valence-corrected chi connectivity index (χ3v) is 3.41. The highest BCUT2D eigenvalue weighted by Crippen LogP contribution is 2.27. The minimum Gasteiger partial charge on any atom is -0.441 e. The van der Waals surface area contributed by atoms with Gasteiger partial charge >= 0.3 is 0 Å². The summed E-state index contributed by atoms with van der Waals surface area (Å²) in [4.78, 5) is 4.27. The summed E-state index contributed by atoms with van der Waals surface area (Å²) in [6.07, 6.45) is 0. The Hall–Kier alpha value is -1.59. The first kappa shape index (κ1) is 11.5. The predicted molar refractivity (Wildman–Crippen MR) is 69.5 cm³/mol. The Morgan fingerprint density at radius 3 is 2.94 bits per heavy atom. The zero-order chi connectivity index (χ0) is 12.6. The van der Waals surface area contributed by atoms with Gasteiger partial charge in [-0.05, 0) is 12.1 Å². The maximum absolute atomic E-state index is 5.78. The van der Waals surface area contributed by atoms with Crippen LogP contribution in [0.3, 0.4) is 0 Å². The number of rotatable bonds is 4. The van der Waals surface area contributed by atoms with E-state index in [2.05, 4.69) is 10.3 Å². The number of anilines is 1. The Morgan fingerprint density at radius 1 is 1.44 bits per heavy atom. The molecule has 3 N–H and O–H groups in total. The normalized spacial score (nSPS) is 17.7. The Labute approximate surface area is 105 Å². The molecule has 96 valence electrons. The summed E-state index contributed by atoms with van der Waals surface area (Å²) in [5.41, 5.74) is 8.59. The molecule has 2 heterocycles. The second-order valence-corrected chi connectivity index (χ2v) is 4.97. The maximum atomic E-state index is 5.78.